The molecule has 1 amide bonds. The number of amides is 1. The van der Waals surface area contributed by atoms with Crippen LogP contribution in [-0.4, -0.2) is 18.2 Å². The zero-order chi connectivity index (χ0) is 9.68. The van der Waals surface area contributed by atoms with Crippen LogP contribution < -0.4 is 5.32 Å². The fraction of sp³-hybridized carbons (Fsp3) is 0.500. The Hall–Kier alpha value is -1.10. The van der Waals surface area contributed by atoms with Gasteiger partial charge in [0.15, 0.2) is 0 Å². The number of methoxy groups -OCH3 is 1. The molecule has 1 atom stereocenters. The maximum absolute atomic E-state index is 10.9. The van der Waals surface area contributed by atoms with E-state index in [0.717, 1.165) is 11.4 Å². The molecule has 0 fully saturated rings. The van der Waals surface area contributed by atoms with Gasteiger partial charge in [-0.15, -0.1) is 11.3 Å². The van der Waals surface area contributed by atoms with E-state index in [-0.39, 0.29) is 6.04 Å². The van der Waals surface area contributed by atoms with Crippen molar-refractivity contribution in [1.29, 1.82) is 0 Å². The third-order valence-electron chi connectivity index (χ3n) is 1.64. The summed E-state index contributed by atoms with van der Waals surface area (Å²) in [4.78, 5) is 15.0. The second-order valence-electron chi connectivity index (χ2n) is 2.47. The molecule has 0 aliphatic carbocycles. The number of nitrogens with one attached hydrogen (secondary N) is 1. The number of aromatic nitrogens is 1. The Kier molecular flexibility index (Phi) is 3.70. The summed E-state index contributed by atoms with van der Waals surface area (Å²) < 4.78 is 4.51. The summed E-state index contributed by atoms with van der Waals surface area (Å²) in [5, 5.41) is 5.50. The first-order valence-corrected chi connectivity index (χ1v) is 4.89. The average molecular weight is 200 g/mol. The lowest BCUT2D eigenvalue weighted by molar-refractivity contribution is 0.166. The van der Waals surface area contributed by atoms with Gasteiger partial charge in [-0.25, -0.2) is 9.78 Å². The van der Waals surface area contributed by atoms with Crippen molar-refractivity contribution >= 4 is 17.4 Å². The van der Waals surface area contributed by atoms with Gasteiger partial charge in [0.05, 0.1) is 13.2 Å². The van der Waals surface area contributed by atoms with Crippen LogP contribution in [0.25, 0.3) is 0 Å². The first kappa shape index (κ1) is 9.98. The molecular weight excluding hydrogens is 188 g/mol. The molecular formula is C8H12N2O2S. The Morgan fingerprint density at radius 3 is 3.08 bits per heavy atom. The molecule has 0 spiro atoms. The molecule has 1 aromatic rings. The van der Waals surface area contributed by atoms with Gasteiger partial charge in [0.25, 0.3) is 0 Å². The van der Waals surface area contributed by atoms with Crippen molar-refractivity contribution in [3.8, 4) is 0 Å². The van der Waals surface area contributed by atoms with E-state index in [4.69, 9.17) is 0 Å². The monoisotopic (exact) mass is 200 g/mol. The molecule has 0 saturated heterocycles. The van der Waals surface area contributed by atoms with Gasteiger partial charge in [-0.3, -0.25) is 0 Å². The molecule has 0 radical (unpaired) electrons. The summed E-state index contributed by atoms with van der Waals surface area (Å²) >= 11 is 1.53. The molecule has 1 N–H and O–H groups in total. The number of carbonyl (C=O) groups excluding carboxylic acids is 1. The van der Waals surface area contributed by atoms with Gasteiger partial charge >= 0.3 is 6.09 Å². The van der Waals surface area contributed by atoms with Gasteiger partial charge in [0.2, 0.25) is 0 Å². The first-order valence-electron chi connectivity index (χ1n) is 4.01. The number of hydrogen-bond acceptors (Lipinski definition) is 4. The Morgan fingerprint density at radius 2 is 2.62 bits per heavy atom. The highest BCUT2D eigenvalue weighted by atomic mass is 32.1. The summed E-state index contributed by atoms with van der Waals surface area (Å²) in [7, 11) is 1.35. The van der Waals surface area contributed by atoms with Gasteiger partial charge in [-0.05, 0) is 6.42 Å². The first-order chi connectivity index (χ1) is 6.27. The standard InChI is InChI=1S/C8H12N2O2S/c1-3-6(10-8(11)12-2)7-9-4-5-13-7/h4-6H,3H2,1-2H3,(H,10,11). The molecule has 1 aromatic heterocycles. The van der Waals surface area contributed by atoms with Crippen LogP contribution in [0.15, 0.2) is 11.6 Å². The van der Waals surface area contributed by atoms with E-state index in [2.05, 4.69) is 15.0 Å². The number of rotatable bonds is 3. The number of nitrogens with zero attached hydrogens (tertiary/aromatic N) is 1. The lowest BCUT2D eigenvalue weighted by atomic mass is 10.2. The highest BCUT2D eigenvalue weighted by molar-refractivity contribution is 7.09. The fourth-order valence-electron chi connectivity index (χ4n) is 0.946. The Labute approximate surface area is 80.9 Å². The zero-order valence-corrected chi connectivity index (χ0v) is 8.43. The highest BCUT2D eigenvalue weighted by Crippen LogP contribution is 2.18. The smallest absolute Gasteiger partial charge is 0.407 e. The quantitative estimate of drug-likeness (QED) is 0.811. The van der Waals surface area contributed by atoms with Crippen LogP contribution >= 0.6 is 11.3 Å². The van der Waals surface area contributed by atoms with Crippen molar-refractivity contribution in [2.45, 2.75) is 19.4 Å². The zero-order valence-electron chi connectivity index (χ0n) is 7.61. The van der Waals surface area contributed by atoms with Crippen LogP contribution in [0.1, 0.15) is 24.4 Å². The Morgan fingerprint density at radius 1 is 1.85 bits per heavy atom. The van der Waals surface area contributed by atoms with Crippen LogP contribution in [0.4, 0.5) is 4.79 Å². The van der Waals surface area contributed by atoms with E-state index < -0.39 is 6.09 Å². The van der Waals surface area contributed by atoms with Crippen molar-refractivity contribution in [1.82, 2.24) is 10.3 Å². The van der Waals surface area contributed by atoms with Gasteiger partial charge < -0.3 is 10.1 Å². The molecule has 1 unspecified atom stereocenters. The molecule has 72 valence electrons. The molecule has 0 aliphatic rings. The predicted octanol–water partition coefficient (Wildman–Crippen LogP) is 1.95. The molecule has 1 rings (SSSR count). The third kappa shape index (κ3) is 2.69. The number of ether oxygens (including phenoxy) is 1. The average Bonchev–Trinajstić information content (AvgIpc) is 2.66. The van der Waals surface area contributed by atoms with E-state index in [1.807, 2.05) is 12.3 Å². The summed E-state index contributed by atoms with van der Waals surface area (Å²) in [6.07, 6.45) is 2.12. The fourth-order valence-corrected chi connectivity index (χ4v) is 1.72. The molecule has 0 saturated carbocycles. The van der Waals surface area contributed by atoms with Crippen LogP contribution in [0.2, 0.25) is 0 Å². The van der Waals surface area contributed by atoms with Gasteiger partial charge in [-0.1, -0.05) is 6.92 Å². The van der Waals surface area contributed by atoms with E-state index in [0.29, 0.717) is 0 Å². The molecule has 1 heterocycles. The van der Waals surface area contributed by atoms with Crippen molar-refractivity contribution in [2.75, 3.05) is 7.11 Å². The van der Waals surface area contributed by atoms with Gasteiger partial charge in [0, 0.05) is 11.6 Å². The van der Waals surface area contributed by atoms with Crippen molar-refractivity contribution in [2.24, 2.45) is 0 Å². The minimum Gasteiger partial charge on any atom is -0.453 e. The summed E-state index contributed by atoms with van der Waals surface area (Å²) in [5.41, 5.74) is 0. The second-order valence-corrected chi connectivity index (χ2v) is 3.39. The normalized spacial score (nSPS) is 12.2. The summed E-state index contributed by atoms with van der Waals surface area (Å²) in [5.74, 6) is 0. The van der Waals surface area contributed by atoms with E-state index in [9.17, 15) is 4.79 Å². The lowest BCUT2D eigenvalue weighted by Crippen LogP contribution is -2.27. The minimum absolute atomic E-state index is 0.0348. The van der Waals surface area contributed by atoms with E-state index >= 15 is 0 Å². The molecule has 0 aliphatic heterocycles. The minimum atomic E-state index is -0.415. The summed E-state index contributed by atoms with van der Waals surface area (Å²) in [6, 6.07) is -0.0348. The molecule has 5 heteroatoms. The largest absolute Gasteiger partial charge is 0.453 e. The van der Waals surface area contributed by atoms with Crippen molar-refractivity contribution in [3.63, 3.8) is 0 Å². The van der Waals surface area contributed by atoms with E-state index in [1.165, 1.54) is 18.4 Å². The SMILES string of the molecule is CCC(NC(=O)OC)c1nccs1. The van der Waals surface area contributed by atoms with Crippen molar-refractivity contribution < 1.29 is 9.53 Å². The van der Waals surface area contributed by atoms with Gasteiger partial charge in [0.1, 0.15) is 5.01 Å². The predicted molar refractivity (Wildman–Crippen MR) is 50.7 cm³/mol. The topological polar surface area (TPSA) is 51.2 Å². The third-order valence-corrected chi connectivity index (χ3v) is 2.52. The van der Waals surface area contributed by atoms with Crippen LogP contribution in [-0.2, 0) is 4.74 Å². The molecule has 13 heavy (non-hydrogen) atoms. The maximum atomic E-state index is 10.9. The molecule has 0 aromatic carbocycles. The van der Waals surface area contributed by atoms with Crippen LogP contribution in [0.5, 0.6) is 0 Å². The lowest BCUT2D eigenvalue weighted by Gasteiger charge is -2.12. The Bertz CT molecular complexity index is 261. The van der Waals surface area contributed by atoms with E-state index in [1.54, 1.807) is 6.20 Å². The van der Waals surface area contributed by atoms with Crippen molar-refractivity contribution in [3.05, 3.63) is 16.6 Å². The maximum Gasteiger partial charge on any atom is 0.407 e. The number of thiazole rings is 1. The number of alkyl carbamates (subject to hydrolysis) is 1. The van der Waals surface area contributed by atoms with Crippen LogP contribution in [0, 0.1) is 0 Å². The number of hydrogen-bond donors (Lipinski definition) is 1. The molecule has 0 bridgehead atoms. The van der Waals surface area contributed by atoms with Crippen LogP contribution in [0.3, 0.4) is 0 Å². The highest BCUT2D eigenvalue weighted by Gasteiger charge is 2.14. The summed E-state index contributed by atoms with van der Waals surface area (Å²) in [6.45, 7) is 1.99. The van der Waals surface area contributed by atoms with Gasteiger partial charge in [-0.2, -0.15) is 0 Å². The second kappa shape index (κ2) is 4.81. The molecule has 4 nitrogen and oxygen atoms in total. The number of carbonyl (C=O) groups is 1. The Balaban J connectivity index is 2.58.